The molecule has 5 rings (SSSR count). The number of aromatic nitrogens is 4. The van der Waals surface area contributed by atoms with Crippen molar-refractivity contribution in [2.24, 2.45) is 5.92 Å². The number of likely N-dealkylation sites (tertiary alicyclic amines) is 2. The highest BCUT2D eigenvalue weighted by Crippen LogP contribution is 2.32. The first-order valence-electron chi connectivity index (χ1n) is 13.7. The largest absolute Gasteiger partial charge is 0.434 e. The fourth-order valence-electron chi connectivity index (χ4n) is 5.45. The van der Waals surface area contributed by atoms with Crippen LogP contribution in [0.1, 0.15) is 44.7 Å². The molecular formula is C25H36N8O7. The molecule has 0 aliphatic carbocycles. The molecule has 15 heteroatoms. The Balaban J connectivity index is 1.15. The smallest absolute Gasteiger partial charge is 0.410 e. The zero-order valence-corrected chi connectivity index (χ0v) is 22.6. The van der Waals surface area contributed by atoms with E-state index in [0.29, 0.717) is 55.5 Å². The third kappa shape index (κ3) is 5.40. The highest BCUT2D eigenvalue weighted by Gasteiger charge is 2.47. The third-order valence-corrected chi connectivity index (χ3v) is 7.84. The number of amides is 3. The maximum absolute atomic E-state index is 12.4. The Morgan fingerprint density at radius 2 is 1.98 bits per heavy atom. The van der Waals surface area contributed by atoms with E-state index in [1.54, 1.807) is 18.9 Å². The monoisotopic (exact) mass is 560 g/mol. The summed E-state index contributed by atoms with van der Waals surface area (Å²) in [7, 11) is 1.68. The number of aliphatic hydroxyl groups is 2. The van der Waals surface area contributed by atoms with Crippen molar-refractivity contribution in [2.75, 3.05) is 39.0 Å². The van der Waals surface area contributed by atoms with Crippen LogP contribution in [0.2, 0.25) is 0 Å². The van der Waals surface area contributed by atoms with Crippen molar-refractivity contribution in [3.8, 4) is 0 Å². The zero-order valence-electron chi connectivity index (χ0n) is 22.6. The lowest BCUT2D eigenvalue weighted by atomic mass is 9.91. The summed E-state index contributed by atoms with van der Waals surface area (Å²) in [6.45, 7) is 3.71. The molecule has 0 radical (unpaired) electrons. The average molecular weight is 561 g/mol. The summed E-state index contributed by atoms with van der Waals surface area (Å²) in [5.74, 6) is 0.452. The summed E-state index contributed by atoms with van der Waals surface area (Å²) >= 11 is 0. The highest BCUT2D eigenvalue weighted by atomic mass is 16.6. The fourth-order valence-corrected chi connectivity index (χ4v) is 5.45. The van der Waals surface area contributed by atoms with E-state index >= 15 is 0 Å². The number of imidazole rings is 1. The fraction of sp³-hybridized carbons (Fsp3) is 0.680. The lowest BCUT2D eigenvalue weighted by Gasteiger charge is -2.37. The normalized spacial score (nSPS) is 27.2. The number of piperidine rings is 1. The molecule has 0 aromatic carbocycles. The number of aryl methyl sites for hydroxylation is 1. The van der Waals surface area contributed by atoms with E-state index in [2.05, 4.69) is 20.3 Å². The number of anilines is 1. The molecule has 0 bridgehead atoms. The zero-order chi connectivity index (χ0) is 28.6. The summed E-state index contributed by atoms with van der Waals surface area (Å²) in [6, 6.07) is 0. The summed E-state index contributed by atoms with van der Waals surface area (Å²) in [4.78, 5) is 52.7. The molecule has 3 fully saturated rings. The Morgan fingerprint density at radius 1 is 1.23 bits per heavy atom. The van der Waals surface area contributed by atoms with E-state index in [4.69, 9.17) is 15.2 Å². The number of carbonyl (C=O) groups is 3. The number of rotatable bonds is 8. The van der Waals surface area contributed by atoms with Gasteiger partial charge in [-0.2, -0.15) is 0 Å². The molecule has 218 valence electrons. The molecule has 3 aliphatic rings. The first kappa shape index (κ1) is 28.0. The minimum Gasteiger partial charge on any atom is -0.434 e. The Hall–Kier alpha value is -3.56. The molecule has 2 aromatic heterocycles. The van der Waals surface area contributed by atoms with Gasteiger partial charge < -0.3 is 40.5 Å². The Kier molecular flexibility index (Phi) is 8.05. The number of nitrogen functional groups attached to an aromatic ring is 1. The van der Waals surface area contributed by atoms with Gasteiger partial charge in [0.2, 0.25) is 0 Å². The lowest BCUT2D eigenvalue weighted by molar-refractivity contribution is -0.154. The number of ether oxygens (including phenoxy) is 2. The molecule has 3 aliphatic heterocycles. The van der Waals surface area contributed by atoms with E-state index in [9.17, 15) is 24.6 Å². The van der Waals surface area contributed by atoms with Crippen LogP contribution in [0.4, 0.5) is 10.6 Å². The van der Waals surface area contributed by atoms with Crippen LogP contribution in [0.3, 0.4) is 0 Å². The molecule has 2 unspecified atom stereocenters. The molecule has 40 heavy (non-hydrogen) atoms. The van der Waals surface area contributed by atoms with Gasteiger partial charge in [0.1, 0.15) is 23.5 Å². The van der Waals surface area contributed by atoms with Gasteiger partial charge in [-0.05, 0) is 38.5 Å². The number of nitrogens with two attached hydrogens (primary N) is 1. The van der Waals surface area contributed by atoms with Crippen LogP contribution in [0.25, 0.3) is 11.2 Å². The van der Waals surface area contributed by atoms with Crippen molar-refractivity contribution in [1.29, 1.82) is 0 Å². The number of nitrogens with zero attached hydrogens (tertiary/aromatic N) is 6. The first-order valence-corrected chi connectivity index (χ1v) is 13.7. The number of aliphatic hydroxyl groups excluding tert-OH is 2. The van der Waals surface area contributed by atoms with Gasteiger partial charge in [-0.3, -0.25) is 14.2 Å². The van der Waals surface area contributed by atoms with Gasteiger partial charge in [0.15, 0.2) is 29.9 Å². The predicted molar refractivity (Wildman–Crippen MR) is 139 cm³/mol. The number of β-lactam (4-membered cyclic amide) rings is 1. The molecule has 0 spiro atoms. The van der Waals surface area contributed by atoms with Gasteiger partial charge in [0, 0.05) is 33.1 Å². The van der Waals surface area contributed by atoms with Crippen molar-refractivity contribution in [3.63, 3.8) is 0 Å². The minimum atomic E-state index is -1.41. The quantitative estimate of drug-likeness (QED) is 0.294. The summed E-state index contributed by atoms with van der Waals surface area (Å²) in [6.07, 6.45) is -0.817. The molecule has 3 saturated heterocycles. The molecule has 15 nitrogen and oxygen atoms in total. The van der Waals surface area contributed by atoms with E-state index < -0.39 is 42.6 Å². The average Bonchev–Trinajstić information content (AvgIpc) is 3.49. The third-order valence-electron chi connectivity index (χ3n) is 7.84. The second kappa shape index (κ2) is 11.5. The van der Waals surface area contributed by atoms with Crippen molar-refractivity contribution < 1.29 is 34.1 Å². The summed E-state index contributed by atoms with van der Waals surface area (Å²) in [5, 5.41) is 23.6. The van der Waals surface area contributed by atoms with Crippen LogP contribution in [0.15, 0.2) is 6.33 Å². The van der Waals surface area contributed by atoms with Crippen molar-refractivity contribution in [3.05, 3.63) is 12.2 Å². The summed E-state index contributed by atoms with van der Waals surface area (Å²) < 4.78 is 12.5. The van der Waals surface area contributed by atoms with Crippen LogP contribution >= 0.6 is 0 Å². The van der Waals surface area contributed by atoms with Crippen LogP contribution in [0, 0.1) is 5.92 Å². The molecule has 5 N–H and O–H groups in total. The number of hydrogen-bond acceptors (Lipinski definition) is 11. The van der Waals surface area contributed by atoms with Gasteiger partial charge in [0.05, 0.1) is 12.9 Å². The molecule has 5 heterocycles. The Labute approximate surface area is 230 Å². The van der Waals surface area contributed by atoms with E-state index in [0.717, 1.165) is 25.7 Å². The van der Waals surface area contributed by atoms with Gasteiger partial charge in [-0.25, -0.2) is 19.7 Å². The van der Waals surface area contributed by atoms with Crippen LogP contribution in [-0.2, 0) is 25.5 Å². The van der Waals surface area contributed by atoms with Crippen LogP contribution in [0.5, 0.6) is 0 Å². The summed E-state index contributed by atoms with van der Waals surface area (Å²) in [5.41, 5.74) is 6.84. The second-order valence-corrected chi connectivity index (χ2v) is 10.6. The number of fused-ring (bicyclic) bond motifs is 1. The van der Waals surface area contributed by atoms with E-state index in [-0.39, 0.29) is 11.7 Å². The van der Waals surface area contributed by atoms with Gasteiger partial charge in [0.25, 0.3) is 11.8 Å². The maximum Gasteiger partial charge on any atom is 0.410 e. The van der Waals surface area contributed by atoms with E-state index in [1.807, 2.05) is 0 Å². The number of hydrogen-bond donors (Lipinski definition) is 4. The number of likely N-dealkylation sites (N-methyl/N-ethyl adjacent to an activating group) is 2. The second-order valence-electron chi connectivity index (χ2n) is 10.6. The molecule has 2 aromatic rings. The van der Waals surface area contributed by atoms with E-state index in [1.165, 1.54) is 15.8 Å². The topological polar surface area (TPSA) is 198 Å². The van der Waals surface area contributed by atoms with Crippen molar-refractivity contribution in [2.45, 2.75) is 69.7 Å². The standard InChI is InChI=1S/C25H36N8O7/c1-3-27-22(36)19-17(34)18(35)24(40-19)33-12-28-16-20(26)29-15(30-21(16)33)6-4-5-13-7-9-32(10-8-13)25(38)39-14-11-31(2)23(14)37/h12-14,17-19,24,34-35H,3-11H2,1-2H3,(H,27,36)(H2,26,29,30)/t14?,17-,18?,19+,24-/m1/s1. The molecule has 0 saturated carbocycles. The van der Waals surface area contributed by atoms with Crippen molar-refractivity contribution in [1.82, 2.24) is 34.6 Å². The van der Waals surface area contributed by atoms with Crippen LogP contribution < -0.4 is 11.1 Å². The first-order chi connectivity index (χ1) is 19.2. The molecule has 3 amide bonds. The number of nitrogens with one attached hydrogen (secondary N) is 1. The lowest BCUT2D eigenvalue weighted by Crippen LogP contribution is -2.57. The minimum absolute atomic E-state index is 0.166. The van der Waals surface area contributed by atoms with Gasteiger partial charge in [-0.15, -0.1) is 0 Å². The molecular weight excluding hydrogens is 524 g/mol. The van der Waals surface area contributed by atoms with Crippen molar-refractivity contribution >= 4 is 34.9 Å². The Morgan fingerprint density at radius 3 is 2.65 bits per heavy atom. The highest BCUT2D eigenvalue weighted by molar-refractivity contribution is 5.88. The van der Waals surface area contributed by atoms with Gasteiger partial charge >= 0.3 is 6.09 Å². The Bertz CT molecular complexity index is 1260. The van der Waals surface area contributed by atoms with Crippen LogP contribution in [-0.4, -0.2) is 115 Å². The predicted octanol–water partition coefficient (Wildman–Crippen LogP) is -0.824. The van der Waals surface area contributed by atoms with Gasteiger partial charge in [-0.1, -0.05) is 0 Å². The maximum atomic E-state index is 12.4. The SMILES string of the molecule is CCNC(=O)[C@H]1O[C@@H](n2cnc3c(N)nc(CCCC4CCN(C(=O)OC5CN(C)C5=O)CC4)nc32)C(O)[C@H]1O. The number of carbonyl (C=O) groups excluding carboxylic acids is 3. The molecule has 5 atom stereocenters.